The topological polar surface area (TPSA) is 94.4 Å². The molecular weight excluding hydrogens is 227 g/mol. The van der Waals surface area contributed by atoms with E-state index >= 15 is 0 Å². The van der Waals surface area contributed by atoms with Gasteiger partial charge in [0.1, 0.15) is 11.5 Å². The smallest absolute Gasteiger partial charge is 0.404 e. The van der Waals surface area contributed by atoms with Crippen molar-refractivity contribution in [3.63, 3.8) is 0 Å². The summed E-state index contributed by atoms with van der Waals surface area (Å²) >= 11 is 0. The van der Waals surface area contributed by atoms with Crippen molar-refractivity contribution in [3.05, 3.63) is 17.3 Å². The number of nitrogens with zero attached hydrogens (tertiary/aromatic N) is 1. The molecule has 1 aromatic rings. The quantitative estimate of drug-likeness (QED) is 0.712. The number of alkyl halides is 3. The summed E-state index contributed by atoms with van der Waals surface area (Å²) in [6, 6.07) is 1.02. The van der Waals surface area contributed by atoms with Crippen LogP contribution in [0.15, 0.2) is 6.07 Å². The van der Waals surface area contributed by atoms with Gasteiger partial charge in [0, 0.05) is 12.1 Å². The number of anilines is 1. The lowest BCUT2D eigenvalue weighted by Crippen LogP contribution is -2.19. The first-order valence-corrected chi connectivity index (χ1v) is 4.22. The highest BCUT2D eigenvalue weighted by Crippen LogP contribution is 2.28. The first kappa shape index (κ1) is 12.5. The number of aliphatic hydroxyl groups excluding tert-OH is 1. The van der Waals surface area contributed by atoms with E-state index < -0.39 is 18.7 Å². The first-order chi connectivity index (χ1) is 7.37. The molecule has 0 bridgehead atoms. The fraction of sp³-hybridized carbons (Fsp3) is 0.375. The van der Waals surface area contributed by atoms with Crippen LogP contribution >= 0.6 is 0 Å². The normalized spacial score (nSPS) is 11.6. The summed E-state index contributed by atoms with van der Waals surface area (Å²) in [5.74, 6) is -0.620. The van der Waals surface area contributed by atoms with Crippen molar-refractivity contribution in [3.8, 4) is 5.75 Å². The minimum absolute atomic E-state index is 0.0268. The molecule has 0 saturated heterocycles. The van der Waals surface area contributed by atoms with Gasteiger partial charge in [-0.2, -0.15) is 0 Å². The van der Waals surface area contributed by atoms with E-state index in [0.29, 0.717) is 0 Å². The fourth-order valence-corrected chi connectivity index (χ4v) is 1.08. The first-order valence-electron chi connectivity index (χ1n) is 4.22. The van der Waals surface area contributed by atoms with Gasteiger partial charge in [-0.1, -0.05) is 0 Å². The molecule has 90 valence electrons. The molecule has 0 radical (unpaired) electrons. The minimum Gasteiger partial charge on any atom is -0.404 e. The van der Waals surface area contributed by atoms with Crippen molar-refractivity contribution < 1.29 is 23.0 Å². The maximum atomic E-state index is 12.0. The van der Waals surface area contributed by atoms with Crippen LogP contribution in [0.25, 0.3) is 0 Å². The zero-order chi connectivity index (χ0) is 12.3. The van der Waals surface area contributed by atoms with Gasteiger partial charge in [0.05, 0.1) is 6.61 Å². The molecule has 0 amide bonds. The lowest BCUT2D eigenvalue weighted by molar-refractivity contribution is -0.275. The van der Waals surface area contributed by atoms with Crippen molar-refractivity contribution in [1.82, 2.24) is 4.98 Å². The van der Waals surface area contributed by atoms with Gasteiger partial charge in [-0.05, 0) is 6.07 Å². The second kappa shape index (κ2) is 4.54. The Labute approximate surface area is 88.8 Å². The summed E-state index contributed by atoms with van der Waals surface area (Å²) in [6.07, 6.45) is -4.85. The number of aromatic nitrogens is 1. The predicted octanol–water partition coefficient (Wildman–Crippen LogP) is 0.513. The highest BCUT2D eigenvalue weighted by molar-refractivity contribution is 5.46. The Morgan fingerprint density at radius 2 is 2.06 bits per heavy atom. The summed E-state index contributed by atoms with van der Waals surface area (Å²) in [4.78, 5) is 3.57. The van der Waals surface area contributed by atoms with Gasteiger partial charge in [-0.15, -0.1) is 13.2 Å². The number of nitrogens with two attached hydrogens (primary N) is 2. The van der Waals surface area contributed by atoms with Gasteiger partial charge < -0.3 is 21.3 Å². The minimum atomic E-state index is -4.85. The Kier molecular flexibility index (Phi) is 3.55. The van der Waals surface area contributed by atoms with Gasteiger partial charge in [0.25, 0.3) is 0 Å². The van der Waals surface area contributed by atoms with Gasteiger partial charge >= 0.3 is 6.36 Å². The van der Waals surface area contributed by atoms with E-state index in [2.05, 4.69) is 9.72 Å². The van der Waals surface area contributed by atoms with E-state index in [1.807, 2.05) is 0 Å². The lowest BCUT2D eigenvalue weighted by atomic mass is 10.2. The monoisotopic (exact) mass is 237 g/mol. The van der Waals surface area contributed by atoms with Gasteiger partial charge in [-0.3, -0.25) is 0 Å². The zero-order valence-electron chi connectivity index (χ0n) is 8.08. The molecule has 0 aromatic carbocycles. The Hall–Kier alpha value is -1.54. The summed E-state index contributed by atoms with van der Waals surface area (Å²) in [6.45, 7) is -0.779. The molecule has 8 heteroatoms. The lowest BCUT2D eigenvalue weighted by Gasteiger charge is -2.13. The number of hydrogen-bond acceptors (Lipinski definition) is 5. The number of nitrogen functional groups attached to an aromatic ring is 1. The molecule has 0 saturated carbocycles. The number of hydrogen-bond donors (Lipinski definition) is 3. The van der Waals surface area contributed by atoms with E-state index in [0.717, 1.165) is 6.07 Å². The standard InChI is InChI=1S/C8H10F3N3O2/c9-8(10,11)16-6-1-4(2-12)7(13)14-5(6)3-15/h1,15H,2-3,12H2,(H2,13,14). The Bertz CT molecular complexity index is 382. The van der Waals surface area contributed by atoms with Crippen molar-refractivity contribution in [2.75, 3.05) is 5.73 Å². The van der Waals surface area contributed by atoms with Crippen LogP contribution in [0.5, 0.6) is 5.75 Å². The summed E-state index contributed by atoms with van der Waals surface area (Å²) in [7, 11) is 0. The van der Waals surface area contributed by atoms with Crippen molar-refractivity contribution >= 4 is 5.82 Å². The second-order valence-corrected chi connectivity index (χ2v) is 2.89. The molecule has 1 heterocycles. The molecule has 0 aliphatic rings. The van der Waals surface area contributed by atoms with Crippen LogP contribution in [0.3, 0.4) is 0 Å². The molecular formula is C8H10F3N3O2. The molecule has 0 atom stereocenters. The average Bonchev–Trinajstić information content (AvgIpc) is 2.18. The van der Waals surface area contributed by atoms with Crippen LogP contribution < -0.4 is 16.2 Å². The molecule has 0 aliphatic carbocycles. The molecule has 1 rings (SSSR count). The van der Waals surface area contributed by atoms with Gasteiger partial charge in [-0.25, -0.2) is 4.98 Å². The summed E-state index contributed by atoms with van der Waals surface area (Å²) < 4.78 is 39.7. The number of aliphatic hydroxyl groups is 1. The van der Waals surface area contributed by atoms with Crippen LogP contribution in [-0.2, 0) is 13.2 Å². The zero-order valence-corrected chi connectivity index (χ0v) is 8.08. The molecule has 0 unspecified atom stereocenters. The molecule has 16 heavy (non-hydrogen) atoms. The molecule has 0 spiro atoms. The van der Waals surface area contributed by atoms with Crippen LogP contribution in [0.4, 0.5) is 19.0 Å². The van der Waals surface area contributed by atoms with E-state index in [4.69, 9.17) is 16.6 Å². The number of ether oxygens (including phenoxy) is 1. The third-order valence-electron chi connectivity index (χ3n) is 1.77. The van der Waals surface area contributed by atoms with Crippen molar-refractivity contribution in [2.24, 2.45) is 5.73 Å². The van der Waals surface area contributed by atoms with Crippen LogP contribution in [0, 0.1) is 0 Å². The second-order valence-electron chi connectivity index (χ2n) is 2.89. The van der Waals surface area contributed by atoms with Gasteiger partial charge in [0.2, 0.25) is 0 Å². The molecule has 1 aromatic heterocycles. The maximum absolute atomic E-state index is 12.0. The predicted molar refractivity (Wildman–Crippen MR) is 49.1 cm³/mol. The molecule has 0 aliphatic heterocycles. The largest absolute Gasteiger partial charge is 0.573 e. The van der Waals surface area contributed by atoms with Crippen LogP contribution in [0.2, 0.25) is 0 Å². The van der Waals surface area contributed by atoms with E-state index in [9.17, 15) is 13.2 Å². The van der Waals surface area contributed by atoms with Gasteiger partial charge in [0.15, 0.2) is 5.75 Å². The van der Waals surface area contributed by atoms with Crippen LogP contribution in [0.1, 0.15) is 11.3 Å². The van der Waals surface area contributed by atoms with E-state index in [1.165, 1.54) is 0 Å². The Morgan fingerprint density at radius 3 is 2.50 bits per heavy atom. The third-order valence-corrected chi connectivity index (χ3v) is 1.77. The Morgan fingerprint density at radius 1 is 1.44 bits per heavy atom. The highest BCUT2D eigenvalue weighted by atomic mass is 19.4. The Balaban J connectivity index is 3.15. The molecule has 5 N–H and O–H groups in total. The van der Waals surface area contributed by atoms with E-state index in [-0.39, 0.29) is 23.6 Å². The third kappa shape index (κ3) is 2.97. The highest BCUT2D eigenvalue weighted by Gasteiger charge is 2.32. The van der Waals surface area contributed by atoms with Crippen molar-refractivity contribution in [1.29, 1.82) is 0 Å². The summed E-state index contributed by atoms with van der Waals surface area (Å²) in [5.41, 5.74) is 10.6. The van der Waals surface area contributed by atoms with Crippen molar-refractivity contribution in [2.45, 2.75) is 19.5 Å². The molecule has 0 fully saturated rings. The van der Waals surface area contributed by atoms with Crippen LogP contribution in [-0.4, -0.2) is 16.5 Å². The van der Waals surface area contributed by atoms with E-state index in [1.54, 1.807) is 0 Å². The molecule has 5 nitrogen and oxygen atoms in total. The average molecular weight is 237 g/mol. The number of pyridine rings is 1. The maximum Gasteiger partial charge on any atom is 0.573 e. The fourth-order valence-electron chi connectivity index (χ4n) is 1.08. The number of rotatable bonds is 3. The number of halogens is 3. The summed E-state index contributed by atoms with van der Waals surface area (Å²) in [5, 5.41) is 8.81. The SMILES string of the molecule is NCc1cc(OC(F)(F)F)c(CO)nc1N.